The molecule has 8 nitrogen and oxygen atoms in total. The number of halogens is 3. The van der Waals surface area contributed by atoms with E-state index >= 15 is 0 Å². The number of aromatic nitrogens is 2. The lowest BCUT2D eigenvalue weighted by Gasteiger charge is -2.26. The molecule has 0 unspecified atom stereocenters. The van der Waals surface area contributed by atoms with E-state index < -0.39 is 29.0 Å². The molecule has 2 aromatic carbocycles. The minimum atomic E-state index is -1.66. The highest BCUT2D eigenvalue weighted by Gasteiger charge is 2.20. The number of nitrogens with two attached hydrogens (primary N) is 1. The number of hydrogen-bond donors (Lipinski definition) is 3. The molecular formula is C22H21F3N6O2. The molecule has 1 aromatic heterocycles. The summed E-state index contributed by atoms with van der Waals surface area (Å²) < 4.78 is 46.5. The van der Waals surface area contributed by atoms with Crippen LogP contribution < -0.4 is 21.1 Å². The molecule has 4 N–H and O–H groups in total. The van der Waals surface area contributed by atoms with Gasteiger partial charge in [0, 0.05) is 19.3 Å². The van der Waals surface area contributed by atoms with Gasteiger partial charge in [0.05, 0.1) is 18.5 Å². The third kappa shape index (κ3) is 4.53. The van der Waals surface area contributed by atoms with Crippen LogP contribution in [-0.2, 0) is 13.0 Å². The largest absolute Gasteiger partial charge is 0.495 e. The second kappa shape index (κ2) is 8.94. The predicted octanol–water partition coefficient (Wildman–Crippen LogP) is 3.48. The average molecular weight is 458 g/mol. The van der Waals surface area contributed by atoms with Gasteiger partial charge in [-0.2, -0.15) is 4.98 Å². The normalized spacial score (nSPS) is 13.4. The molecule has 172 valence electrons. The smallest absolute Gasteiger partial charge is 0.254 e. The van der Waals surface area contributed by atoms with E-state index in [0.717, 1.165) is 43.4 Å². The first-order valence-electron chi connectivity index (χ1n) is 9.99. The minimum Gasteiger partial charge on any atom is -0.495 e. The van der Waals surface area contributed by atoms with Crippen LogP contribution in [-0.4, -0.2) is 41.5 Å². The Morgan fingerprint density at radius 2 is 1.91 bits per heavy atom. The average Bonchev–Trinajstić information content (AvgIpc) is 2.79. The second-order valence-corrected chi connectivity index (χ2v) is 7.60. The predicted molar refractivity (Wildman–Crippen MR) is 116 cm³/mol. The SMILES string of the molecule is COc1cc2c(cc1Nc1ncc(C(N)=O)c(Nc3ccc(F)c(F)c3F)n1)CN(C)CC2. The summed E-state index contributed by atoms with van der Waals surface area (Å²) in [5.74, 6) is -4.91. The standard InChI is InChI=1S/C22H21F3N6O2/c1-31-6-5-11-8-17(33-2)16(7-12(11)10-31)29-22-27-9-13(20(26)32)21(30-22)28-15-4-3-14(23)18(24)19(15)25/h3-4,7-9H,5-6,10H2,1-2H3,(H2,26,32)(H2,27,28,29,30). The van der Waals surface area contributed by atoms with Gasteiger partial charge in [-0.05, 0) is 48.9 Å². The van der Waals surface area contributed by atoms with Gasteiger partial charge in [0.2, 0.25) is 5.95 Å². The summed E-state index contributed by atoms with van der Waals surface area (Å²) in [6, 6.07) is 5.60. The number of rotatable bonds is 6. The van der Waals surface area contributed by atoms with Crippen LogP contribution in [0.15, 0.2) is 30.5 Å². The highest BCUT2D eigenvalue weighted by atomic mass is 19.2. The second-order valence-electron chi connectivity index (χ2n) is 7.60. The van der Waals surface area contributed by atoms with Gasteiger partial charge >= 0.3 is 0 Å². The third-order valence-electron chi connectivity index (χ3n) is 5.31. The van der Waals surface area contributed by atoms with Crippen molar-refractivity contribution >= 4 is 29.0 Å². The Hall–Kier alpha value is -3.86. The van der Waals surface area contributed by atoms with Gasteiger partial charge in [0.25, 0.3) is 5.91 Å². The molecule has 0 radical (unpaired) electrons. The molecule has 11 heteroatoms. The summed E-state index contributed by atoms with van der Waals surface area (Å²) in [5.41, 5.74) is 7.66. The molecule has 0 atom stereocenters. The van der Waals surface area contributed by atoms with Crippen molar-refractivity contribution in [3.8, 4) is 5.75 Å². The van der Waals surface area contributed by atoms with Crippen molar-refractivity contribution in [3.05, 3.63) is 64.6 Å². The van der Waals surface area contributed by atoms with Gasteiger partial charge in [0.1, 0.15) is 17.1 Å². The number of ether oxygens (including phenoxy) is 1. The van der Waals surface area contributed by atoms with Gasteiger partial charge in [0.15, 0.2) is 17.5 Å². The fourth-order valence-corrected chi connectivity index (χ4v) is 3.58. The summed E-state index contributed by atoms with van der Waals surface area (Å²) in [6.07, 6.45) is 2.04. The maximum absolute atomic E-state index is 14.1. The zero-order valence-electron chi connectivity index (χ0n) is 17.9. The lowest BCUT2D eigenvalue weighted by atomic mass is 9.99. The number of hydrogen-bond acceptors (Lipinski definition) is 7. The lowest BCUT2D eigenvalue weighted by molar-refractivity contribution is 0.100. The van der Waals surface area contributed by atoms with Crippen LogP contribution in [0.2, 0.25) is 0 Å². The minimum absolute atomic E-state index is 0.0490. The quantitative estimate of drug-likeness (QED) is 0.486. The molecule has 0 fully saturated rings. The van der Waals surface area contributed by atoms with Gasteiger partial charge < -0.3 is 26.0 Å². The zero-order chi connectivity index (χ0) is 23.7. The number of methoxy groups -OCH3 is 1. The highest BCUT2D eigenvalue weighted by molar-refractivity contribution is 5.98. The maximum atomic E-state index is 14.1. The molecule has 0 aliphatic carbocycles. The summed E-state index contributed by atoms with van der Waals surface area (Å²) in [4.78, 5) is 22.3. The summed E-state index contributed by atoms with van der Waals surface area (Å²) in [6.45, 7) is 1.70. The summed E-state index contributed by atoms with van der Waals surface area (Å²) in [5, 5.41) is 5.52. The number of carbonyl (C=O) groups is 1. The Morgan fingerprint density at radius 1 is 1.12 bits per heavy atom. The van der Waals surface area contributed by atoms with Crippen molar-refractivity contribution in [1.82, 2.24) is 14.9 Å². The molecular weight excluding hydrogens is 437 g/mol. The Bertz CT molecular complexity index is 1240. The Labute approximate surface area is 187 Å². The molecule has 3 aromatic rings. The molecule has 1 aliphatic rings. The topological polar surface area (TPSA) is 105 Å². The Kier molecular flexibility index (Phi) is 6.05. The van der Waals surface area contributed by atoms with E-state index in [2.05, 4.69) is 25.5 Å². The first-order chi connectivity index (χ1) is 15.8. The van der Waals surface area contributed by atoms with Crippen molar-refractivity contribution in [2.75, 3.05) is 31.3 Å². The number of benzene rings is 2. The number of likely N-dealkylation sites (N-methyl/N-ethyl adjacent to an activating group) is 1. The van der Waals surface area contributed by atoms with Crippen LogP contribution in [0.3, 0.4) is 0 Å². The van der Waals surface area contributed by atoms with Gasteiger partial charge in [-0.1, -0.05) is 0 Å². The number of anilines is 4. The highest BCUT2D eigenvalue weighted by Crippen LogP contribution is 2.33. The molecule has 4 rings (SSSR count). The van der Waals surface area contributed by atoms with E-state index in [-0.39, 0.29) is 17.3 Å². The molecule has 0 spiro atoms. The van der Waals surface area contributed by atoms with Crippen LogP contribution >= 0.6 is 0 Å². The zero-order valence-corrected chi connectivity index (χ0v) is 17.9. The number of amides is 1. The number of carbonyl (C=O) groups excluding carboxylic acids is 1. The fourth-order valence-electron chi connectivity index (χ4n) is 3.58. The molecule has 0 saturated carbocycles. The van der Waals surface area contributed by atoms with E-state index in [1.807, 2.05) is 19.2 Å². The van der Waals surface area contributed by atoms with Gasteiger partial charge in [-0.15, -0.1) is 0 Å². The van der Waals surface area contributed by atoms with Gasteiger partial charge in [-0.3, -0.25) is 4.79 Å². The molecule has 1 aliphatic heterocycles. The molecule has 0 bridgehead atoms. The van der Waals surface area contributed by atoms with Crippen LogP contribution in [0.25, 0.3) is 0 Å². The van der Waals surface area contributed by atoms with Crippen molar-refractivity contribution in [2.24, 2.45) is 5.73 Å². The van der Waals surface area contributed by atoms with Crippen LogP contribution in [0, 0.1) is 17.5 Å². The Balaban J connectivity index is 1.70. The monoisotopic (exact) mass is 458 g/mol. The van der Waals surface area contributed by atoms with Crippen LogP contribution in [0.4, 0.5) is 36.3 Å². The number of nitrogens with zero attached hydrogens (tertiary/aromatic N) is 3. The van der Waals surface area contributed by atoms with Crippen molar-refractivity contribution < 1.29 is 22.7 Å². The van der Waals surface area contributed by atoms with E-state index in [4.69, 9.17) is 10.5 Å². The van der Waals surface area contributed by atoms with Crippen LogP contribution in [0.5, 0.6) is 5.75 Å². The van der Waals surface area contributed by atoms with E-state index in [0.29, 0.717) is 11.4 Å². The van der Waals surface area contributed by atoms with E-state index in [9.17, 15) is 18.0 Å². The molecule has 2 heterocycles. The van der Waals surface area contributed by atoms with Crippen LogP contribution in [0.1, 0.15) is 21.5 Å². The number of primary amides is 1. The summed E-state index contributed by atoms with van der Waals surface area (Å²) in [7, 11) is 3.57. The summed E-state index contributed by atoms with van der Waals surface area (Å²) >= 11 is 0. The first kappa shape index (κ1) is 22.3. The Morgan fingerprint density at radius 3 is 2.64 bits per heavy atom. The molecule has 33 heavy (non-hydrogen) atoms. The molecule has 0 saturated heterocycles. The van der Waals surface area contributed by atoms with E-state index in [1.165, 1.54) is 12.7 Å². The van der Waals surface area contributed by atoms with Gasteiger partial charge in [-0.25, -0.2) is 18.2 Å². The fraction of sp³-hybridized carbons (Fsp3) is 0.227. The lowest BCUT2D eigenvalue weighted by Crippen LogP contribution is -2.26. The van der Waals surface area contributed by atoms with E-state index in [1.54, 1.807) is 0 Å². The first-order valence-corrected chi connectivity index (χ1v) is 9.99. The van der Waals surface area contributed by atoms with Crippen molar-refractivity contribution in [2.45, 2.75) is 13.0 Å². The van der Waals surface area contributed by atoms with Crippen molar-refractivity contribution in [1.29, 1.82) is 0 Å². The number of nitrogens with one attached hydrogen (secondary N) is 2. The maximum Gasteiger partial charge on any atom is 0.254 e. The third-order valence-corrected chi connectivity index (χ3v) is 5.31. The number of fused-ring (bicyclic) bond motifs is 1. The molecule has 1 amide bonds. The van der Waals surface area contributed by atoms with Crippen molar-refractivity contribution in [3.63, 3.8) is 0 Å².